The van der Waals surface area contributed by atoms with Gasteiger partial charge in [0.05, 0.1) is 29.5 Å². The molecule has 2 aromatic carbocycles. The Morgan fingerprint density at radius 1 is 1.19 bits per heavy atom. The minimum Gasteiger partial charge on any atom is -0.467 e. The minimum absolute atomic E-state index is 0.101. The van der Waals surface area contributed by atoms with E-state index in [1.165, 1.54) is 16.3 Å². The number of furan rings is 1. The first-order chi connectivity index (χ1) is 14.9. The lowest BCUT2D eigenvalue weighted by atomic mass is 10.1. The van der Waals surface area contributed by atoms with Crippen molar-refractivity contribution in [2.45, 2.75) is 25.5 Å². The standard InChI is InChI=1S/C23H20ClN3O3S/c1-14-5-8-19(15(2)10-14)25-21(28)13-31-23-26-20-11-16(24)6-7-18(20)22(29)27(23)12-17-4-3-9-30-17/h3-11H,12-13H2,1-2H3,(H,25,28). The van der Waals surface area contributed by atoms with Gasteiger partial charge in [-0.1, -0.05) is 41.1 Å². The number of fused-ring (bicyclic) bond motifs is 1. The summed E-state index contributed by atoms with van der Waals surface area (Å²) in [6.07, 6.45) is 1.55. The Hall–Kier alpha value is -3.03. The second kappa shape index (κ2) is 8.99. The first-order valence-corrected chi connectivity index (χ1v) is 11.0. The number of halogens is 1. The van der Waals surface area contributed by atoms with E-state index in [0.717, 1.165) is 16.8 Å². The highest BCUT2D eigenvalue weighted by Crippen LogP contribution is 2.22. The van der Waals surface area contributed by atoms with Crippen LogP contribution in [0.2, 0.25) is 5.02 Å². The fourth-order valence-corrected chi connectivity index (χ4v) is 4.22. The lowest BCUT2D eigenvalue weighted by molar-refractivity contribution is -0.113. The van der Waals surface area contributed by atoms with Crippen molar-refractivity contribution in [3.05, 3.63) is 87.1 Å². The van der Waals surface area contributed by atoms with Crippen molar-refractivity contribution in [3.63, 3.8) is 0 Å². The van der Waals surface area contributed by atoms with Crippen molar-refractivity contribution in [1.82, 2.24) is 9.55 Å². The first-order valence-electron chi connectivity index (χ1n) is 9.63. The summed E-state index contributed by atoms with van der Waals surface area (Å²) in [7, 11) is 0. The van der Waals surface area contributed by atoms with Crippen LogP contribution in [-0.2, 0) is 11.3 Å². The Bertz CT molecular complexity index is 1320. The SMILES string of the molecule is Cc1ccc(NC(=O)CSc2nc3cc(Cl)ccc3c(=O)n2Cc2ccco2)c(C)c1. The smallest absolute Gasteiger partial charge is 0.262 e. The third kappa shape index (κ3) is 4.84. The van der Waals surface area contributed by atoms with E-state index in [1.54, 1.807) is 36.6 Å². The van der Waals surface area contributed by atoms with Crippen LogP contribution in [0, 0.1) is 13.8 Å². The van der Waals surface area contributed by atoms with Crippen LogP contribution in [-0.4, -0.2) is 21.2 Å². The predicted molar refractivity (Wildman–Crippen MR) is 124 cm³/mol. The van der Waals surface area contributed by atoms with Gasteiger partial charge in [0.25, 0.3) is 5.56 Å². The molecular weight excluding hydrogens is 434 g/mol. The average Bonchev–Trinajstić information content (AvgIpc) is 3.24. The largest absolute Gasteiger partial charge is 0.467 e. The number of hydrogen-bond acceptors (Lipinski definition) is 5. The molecule has 0 aliphatic carbocycles. The topological polar surface area (TPSA) is 77.1 Å². The molecule has 0 unspecified atom stereocenters. The number of rotatable bonds is 6. The molecule has 0 saturated heterocycles. The first kappa shape index (κ1) is 21.2. The molecule has 6 nitrogen and oxygen atoms in total. The second-order valence-electron chi connectivity index (χ2n) is 7.18. The van der Waals surface area contributed by atoms with Crippen LogP contribution in [0.1, 0.15) is 16.9 Å². The van der Waals surface area contributed by atoms with Gasteiger partial charge in [-0.05, 0) is 55.8 Å². The summed E-state index contributed by atoms with van der Waals surface area (Å²) < 4.78 is 6.93. The molecule has 0 aliphatic rings. The molecule has 4 aromatic rings. The Morgan fingerprint density at radius 3 is 2.77 bits per heavy atom. The highest BCUT2D eigenvalue weighted by atomic mass is 35.5. The molecule has 0 saturated carbocycles. The van der Waals surface area contributed by atoms with Gasteiger partial charge in [-0.25, -0.2) is 4.98 Å². The van der Waals surface area contributed by atoms with Crippen molar-refractivity contribution in [2.75, 3.05) is 11.1 Å². The summed E-state index contributed by atoms with van der Waals surface area (Å²) in [6.45, 7) is 4.17. The lowest BCUT2D eigenvalue weighted by Gasteiger charge is -2.13. The van der Waals surface area contributed by atoms with Crippen LogP contribution in [0.4, 0.5) is 5.69 Å². The fourth-order valence-electron chi connectivity index (χ4n) is 3.25. The highest BCUT2D eigenvalue weighted by Gasteiger charge is 2.15. The molecule has 2 heterocycles. The fraction of sp³-hybridized carbons (Fsp3) is 0.174. The molecule has 1 N–H and O–H groups in total. The molecule has 0 radical (unpaired) electrons. The number of hydrogen-bond donors (Lipinski definition) is 1. The Balaban J connectivity index is 1.62. The van der Waals surface area contributed by atoms with E-state index in [4.69, 9.17) is 16.0 Å². The van der Waals surface area contributed by atoms with Gasteiger partial charge in [-0.15, -0.1) is 0 Å². The van der Waals surface area contributed by atoms with E-state index in [9.17, 15) is 9.59 Å². The number of aryl methyl sites for hydroxylation is 2. The number of nitrogens with zero attached hydrogens (tertiary/aromatic N) is 2. The zero-order valence-electron chi connectivity index (χ0n) is 17.0. The van der Waals surface area contributed by atoms with E-state index >= 15 is 0 Å². The van der Waals surface area contributed by atoms with Gasteiger partial charge < -0.3 is 9.73 Å². The minimum atomic E-state index is -0.213. The van der Waals surface area contributed by atoms with Gasteiger partial charge >= 0.3 is 0 Å². The van der Waals surface area contributed by atoms with Crippen molar-refractivity contribution < 1.29 is 9.21 Å². The van der Waals surface area contributed by atoms with Gasteiger partial charge in [-0.3, -0.25) is 14.2 Å². The number of nitrogens with one attached hydrogen (secondary N) is 1. The second-order valence-corrected chi connectivity index (χ2v) is 8.56. The summed E-state index contributed by atoms with van der Waals surface area (Å²) in [5.74, 6) is 0.546. The molecule has 0 aliphatic heterocycles. The average molecular weight is 454 g/mol. The van der Waals surface area contributed by atoms with Gasteiger partial charge in [0.1, 0.15) is 5.76 Å². The normalized spacial score (nSPS) is 11.1. The van der Waals surface area contributed by atoms with Crippen LogP contribution < -0.4 is 10.9 Å². The van der Waals surface area contributed by atoms with E-state index in [2.05, 4.69) is 10.3 Å². The number of aromatic nitrogens is 2. The number of thioether (sulfide) groups is 1. The van der Waals surface area contributed by atoms with Crippen LogP contribution in [0.25, 0.3) is 10.9 Å². The third-order valence-corrected chi connectivity index (χ3v) is 5.98. The van der Waals surface area contributed by atoms with E-state index in [0.29, 0.717) is 26.8 Å². The van der Waals surface area contributed by atoms with Crippen molar-refractivity contribution in [1.29, 1.82) is 0 Å². The summed E-state index contributed by atoms with van der Waals surface area (Å²) >= 11 is 7.28. The molecule has 0 atom stereocenters. The van der Waals surface area contributed by atoms with E-state index in [1.807, 2.05) is 32.0 Å². The summed E-state index contributed by atoms with van der Waals surface area (Å²) in [5, 5.41) is 4.29. The molecular formula is C23H20ClN3O3S. The van der Waals surface area contributed by atoms with Crippen LogP contribution >= 0.6 is 23.4 Å². The Morgan fingerprint density at radius 2 is 2.03 bits per heavy atom. The molecule has 8 heteroatoms. The summed E-state index contributed by atoms with van der Waals surface area (Å²) in [5.41, 5.74) is 3.17. The molecule has 31 heavy (non-hydrogen) atoms. The molecule has 0 fully saturated rings. The summed E-state index contributed by atoms with van der Waals surface area (Å²) in [6, 6.07) is 14.4. The highest BCUT2D eigenvalue weighted by molar-refractivity contribution is 7.99. The molecule has 0 bridgehead atoms. The van der Waals surface area contributed by atoms with Crippen molar-refractivity contribution >= 4 is 45.9 Å². The lowest BCUT2D eigenvalue weighted by Crippen LogP contribution is -2.24. The zero-order chi connectivity index (χ0) is 22.0. The van der Waals surface area contributed by atoms with Gasteiger partial charge in [0.2, 0.25) is 5.91 Å². The van der Waals surface area contributed by atoms with Gasteiger partial charge in [-0.2, -0.15) is 0 Å². The van der Waals surface area contributed by atoms with Crippen LogP contribution in [0.5, 0.6) is 0 Å². The predicted octanol–water partition coefficient (Wildman–Crippen LogP) is 5.04. The summed E-state index contributed by atoms with van der Waals surface area (Å²) in [4.78, 5) is 30.3. The van der Waals surface area contributed by atoms with Gasteiger partial charge in [0.15, 0.2) is 5.16 Å². The third-order valence-electron chi connectivity index (χ3n) is 4.76. The Labute approximate surface area is 188 Å². The van der Waals surface area contributed by atoms with Crippen molar-refractivity contribution in [3.8, 4) is 0 Å². The quantitative estimate of drug-likeness (QED) is 0.327. The van der Waals surface area contributed by atoms with E-state index in [-0.39, 0.29) is 23.8 Å². The number of benzene rings is 2. The maximum atomic E-state index is 13.1. The maximum absolute atomic E-state index is 13.1. The van der Waals surface area contributed by atoms with Gasteiger partial charge in [0, 0.05) is 10.7 Å². The monoisotopic (exact) mass is 453 g/mol. The molecule has 4 rings (SSSR count). The number of carbonyl (C=O) groups is 1. The number of amides is 1. The maximum Gasteiger partial charge on any atom is 0.262 e. The van der Waals surface area contributed by atoms with E-state index < -0.39 is 0 Å². The Kier molecular flexibility index (Phi) is 6.15. The zero-order valence-corrected chi connectivity index (χ0v) is 18.6. The van der Waals surface area contributed by atoms with Crippen molar-refractivity contribution in [2.24, 2.45) is 0 Å². The van der Waals surface area contributed by atoms with Crippen LogP contribution in [0.15, 0.2) is 69.2 Å². The molecule has 158 valence electrons. The number of anilines is 1. The molecule has 1 amide bonds. The molecule has 0 spiro atoms. The number of carbonyl (C=O) groups excluding carboxylic acids is 1. The molecule has 2 aromatic heterocycles. The van der Waals surface area contributed by atoms with Crippen LogP contribution in [0.3, 0.4) is 0 Å².